The minimum absolute atomic E-state index is 0.0649. The average molecular weight is 231 g/mol. The molecule has 1 aromatic carbocycles. The molecule has 0 bridgehead atoms. The zero-order valence-electron chi connectivity index (χ0n) is 7.76. The highest BCUT2D eigenvalue weighted by Crippen LogP contribution is 2.20. The molecule has 7 heteroatoms. The lowest BCUT2D eigenvalue weighted by molar-refractivity contribution is 0.0698. The van der Waals surface area contributed by atoms with Gasteiger partial charge in [0.25, 0.3) is 10.1 Å². The van der Waals surface area contributed by atoms with Crippen molar-refractivity contribution in [3.63, 3.8) is 0 Å². The first kappa shape index (κ1) is 11.5. The molecule has 0 amide bonds. The molecule has 6 nitrogen and oxygen atoms in total. The molecule has 0 saturated heterocycles. The van der Waals surface area contributed by atoms with Gasteiger partial charge in [-0.15, -0.1) is 0 Å². The lowest BCUT2D eigenvalue weighted by atomic mass is 10.2. The molecule has 1 rings (SSSR count). The van der Waals surface area contributed by atoms with Crippen LogP contribution in [0.4, 0.5) is 5.69 Å². The van der Waals surface area contributed by atoms with Gasteiger partial charge in [0.15, 0.2) is 0 Å². The van der Waals surface area contributed by atoms with Crippen LogP contribution >= 0.6 is 0 Å². The first-order chi connectivity index (χ1) is 6.86. The van der Waals surface area contributed by atoms with E-state index in [4.69, 9.17) is 9.66 Å². The fraction of sp³-hybridized carbons (Fsp3) is 0.125. The second-order valence-corrected chi connectivity index (χ2v) is 4.16. The standard InChI is InChI=1S/C8H9NO5S/c1-9-7-4-5(15(12,13)14)2-3-6(7)8(10)11/h2-4,9H,1H3,(H,10,11)(H,12,13,14). The summed E-state index contributed by atoms with van der Waals surface area (Å²) in [7, 11) is -2.86. The van der Waals surface area contributed by atoms with E-state index in [1.807, 2.05) is 0 Å². The number of nitrogens with one attached hydrogen (secondary N) is 1. The fourth-order valence-electron chi connectivity index (χ4n) is 1.08. The summed E-state index contributed by atoms with van der Waals surface area (Å²) in [5.41, 5.74) is 0.0579. The molecule has 1 aromatic rings. The molecule has 3 N–H and O–H groups in total. The monoisotopic (exact) mass is 231 g/mol. The lowest BCUT2D eigenvalue weighted by Crippen LogP contribution is -2.05. The van der Waals surface area contributed by atoms with Crippen molar-refractivity contribution in [1.82, 2.24) is 0 Å². The van der Waals surface area contributed by atoms with Crippen LogP contribution in [-0.4, -0.2) is 31.1 Å². The van der Waals surface area contributed by atoms with E-state index in [0.29, 0.717) is 0 Å². The van der Waals surface area contributed by atoms with E-state index in [-0.39, 0.29) is 16.1 Å². The Kier molecular flexibility index (Phi) is 2.96. The molecule has 0 spiro atoms. The number of hydrogen-bond donors (Lipinski definition) is 3. The highest BCUT2D eigenvalue weighted by atomic mass is 32.2. The number of carboxylic acid groups (broad SMARTS) is 1. The van der Waals surface area contributed by atoms with E-state index in [0.717, 1.165) is 18.2 Å². The van der Waals surface area contributed by atoms with Crippen molar-refractivity contribution < 1.29 is 22.9 Å². The van der Waals surface area contributed by atoms with Gasteiger partial charge in [-0.3, -0.25) is 4.55 Å². The molecule has 0 fully saturated rings. The minimum atomic E-state index is -4.31. The quantitative estimate of drug-likeness (QED) is 0.660. The van der Waals surface area contributed by atoms with Crippen molar-refractivity contribution >= 4 is 21.8 Å². The topological polar surface area (TPSA) is 104 Å². The van der Waals surface area contributed by atoms with Gasteiger partial charge < -0.3 is 10.4 Å². The van der Waals surface area contributed by atoms with Crippen LogP contribution in [0.25, 0.3) is 0 Å². The Labute approximate surface area is 86.3 Å². The minimum Gasteiger partial charge on any atom is -0.478 e. The highest BCUT2D eigenvalue weighted by Gasteiger charge is 2.15. The third kappa shape index (κ3) is 2.45. The second-order valence-electron chi connectivity index (χ2n) is 2.74. The van der Waals surface area contributed by atoms with E-state index in [9.17, 15) is 13.2 Å². The van der Waals surface area contributed by atoms with Crippen molar-refractivity contribution in [2.24, 2.45) is 0 Å². The maximum Gasteiger partial charge on any atom is 0.337 e. The number of aromatic carboxylic acids is 1. The second kappa shape index (κ2) is 3.87. The van der Waals surface area contributed by atoms with E-state index in [1.165, 1.54) is 7.05 Å². The summed E-state index contributed by atoms with van der Waals surface area (Å²) in [6.45, 7) is 0. The Morgan fingerprint density at radius 2 is 2.00 bits per heavy atom. The van der Waals surface area contributed by atoms with Crippen LogP contribution in [0.2, 0.25) is 0 Å². The van der Waals surface area contributed by atoms with Gasteiger partial charge in [0.05, 0.1) is 10.5 Å². The Hall–Kier alpha value is -1.60. The Morgan fingerprint density at radius 1 is 1.40 bits per heavy atom. The molecule has 0 saturated carbocycles. The van der Waals surface area contributed by atoms with Crippen LogP contribution < -0.4 is 5.32 Å². The molecular weight excluding hydrogens is 222 g/mol. The first-order valence-corrected chi connectivity index (χ1v) is 5.33. The number of carbonyl (C=O) groups is 1. The van der Waals surface area contributed by atoms with Gasteiger partial charge in [0.1, 0.15) is 0 Å². The summed E-state index contributed by atoms with van der Waals surface area (Å²) < 4.78 is 30.3. The highest BCUT2D eigenvalue weighted by molar-refractivity contribution is 7.85. The zero-order valence-corrected chi connectivity index (χ0v) is 8.58. The molecule has 0 heterocycles. The maximum atomic E-state index is 10.8. The summed E-state index contributed by atoms with van der Waals surface area (Å²) in [5.74, 6) is -1.18. The number of anilines is 1. The number of rotatable bonds is 3. The van der Waals surface area contributed by atoms with Gasteiger partial charge in [0, 0.05) is 12.7 Å². The predicted octanol–water partition coefficient (Wildman–Crippen LogP) is 0.673. The van der Waals surface area contributed by atoms with Crippen molar-refractivity contribution in [3.05, 3.63) is 23.8 Å². The molecule has 0 radical (unpaired) electrons. The SMILES string of the molecule is CNc1cc(S(=O)(=O)O)ccc1C(=O)O. The van der Waals surface area contributed by atoms with Crippen molar-refractivity contribution in [1.29, 1.82) is 0 Å². The molecule has 0 aromatic heterocycles. The Balaban J connectivity index is 3.38. The van der Waals surface area contributed by atoms with E-state index < -0.39 is 16.1 Å². The molecule has 0 aliphatic rings. The van der Waals surface area contributed by atoms with Crippen LogP contribution in [0.5, 0.6) is 0 Å². The third-order valence-corrected chi connectivity index (χ3v) is 2.64. The zero-order chi connectivity index (χ0) is 11.6. The number of carboxylic acids is 1. The van der Waals surface area contributed by atoms with Gasteiger partial charge >= 0.3 is 5.97 Å². The summed E-state index contributed by atoms with van der Waals surface area (Å²) >= 11 is 0. The van der Waals surface area contributed by atoms with Crippen LogP contribution in [0.3, 0.4) is 0 Å². The Bertz CT molecular complexity index is 494. The molecule has 0 aliphatic carbocycles. The molecule has 82 valence electrons. The van der Waals surface area contributed by atoms with Gasteiger partial charge in [-0.25, -0.2) is 4.79 Å². The Morgan fingerprint density at radius 3 is 2.40 bits per heavy atom. The number of benzene rings is 1. The molecular formula is C8H9NO5S. The molecule has 0 aliphatic heterocycles. The number of hydrogen-bond acceptors (Lipinski definition) is 4. The van der Waals surface area contributed by atoms with Gasteiger partial charge in [-0.1, -0.05) is 0 Å². The van der Waals surface area contributed by atoms with Crippen molar-refractivity contribution in [2.45, 2.75) is 4.90 Å². The molecule has 0 unspecified atom stereocenters. The first-order valence-electron chi connectivity index (χ1n) is 3.89. The normalized spacial score (nSPS) is 11.1. The smallest absolute Gasteiger partial charge is 0.337 e. The van der Waals surface area contributed by atoms with Gasteiger partial charge in [0.2, 0.25) is 0 Å². The third-order valence-electron chi connectivity index (χ3n) is 1.79. The molecule has 0 atom stereocenters. The predicted molar refractivity (Wildman–Crippen MR) is 52.8 cm³/mol. The molecule has 15 heavy (non-hydrogen) atoms. The van der Waals surface area contributed by atoms with Crippen LogP contribution in [0.1, 0.15) is 10.4 Å². The maximum absolute atomic E-state index is 10.8. The fourth-order valence-corrected chi connectivity index (χ4v) is 1.58. The van der Waals surface area contributed by atoms with Crippen LogP contribution in [0, 0.1) is 0 Å². The van der Waals surface area contributed by atoms with Crippen molar-refractivity contribution in [2.75, 3.05) is 12.4 Å². The summed E-state index contributed by atoms with van der Waals surface area (Å²) in [5, 5.41) is 11.3. The lowest BCUT2D eigenvalue weighted by Gasteiger charge is -2.06. The van der Waals surface area contributed by atoms with E-state index >= 15 is 0 Å². The van der Waals surface area contributed by atoms with Crippen LogP contribution in [0.15, 0.2) is 23.1 Å². The van der Waals surface area contributed by atoms with Crippen molar-refractivity contribution in [3.8, 4) is 0 Å². The summed E-state index contributed by atoms with van der Waals surface area (Å²) in [6.07, 6.45) is 0. The van der Waals surface area contributed by atoms with Crippen LogP contribution in [-0.2, 0) is 10.1 Å². The largest absolute Gasteiger partial charge is 0.478 e. The van der Waals surface area contributed by atoms with E-state index in [1.54, 1.807) is 0 Å². The summed E-state index contributed by atoms with van der Waals surface area (Å²) in [4.78, 5) is 10.3. The van der Waals surface area contributed by atoms with Gasteiger partial charge in [-0.2, -0.15) is 8.42 Å². The summed E-state index contributed by atoms with van der Waals surface area (Å²) in [6, 6.07) is 3.19. The van der Waals surface area contributed by atoms with E-state index in [2.05, 4.69) is 5.32 Å². The average Bonchev–Trinajstić information content (AvgIpc) is 2.15. The van der Waals surface area contributed by atoms with Gasteiger partial charge in [-0.05, 0) is 18.2 Å².